The van der Waals surface area contributed by atoms with Gasteiger partial charge in [0.25, 0.3) is 0 Å². The van der Waals surface area contributed by atoms with Crippen molar-refractivity contribution < 1.29 is 8.78 Å². The van der Waals surface area contributed by atoms with Crippen LogP contribution in [0.4, 0.5) is 14.5 Å². The molecule has 0 aliphatic heterocycles. The molecule has 0 amide bonds. The van der Waals surface area contributed by atoms with Crippen molar-refractivity contribution in [3.8, 4) is 0 Å². The summed E-state index contributed by atoms with van der Waals surface area (Å²) in [7, 11) is 1.71. The number of nitrogens with zero attached hydrogens (tertiary/aromatic N) is 2. The van der Waals surface area contributed by atoms with Gasteiger partial charge in [0.15, 0.2) is 5.82 Å². The van der Waals surface area contributed by atoms with E-state index < -0.39 is 11.6 Å². The number of nitrogens with one attached hydrogen (secondary N) is 1. The molecule has 0 spiro atoms. The van der Waals surface area contributed by atoms with Gasteiger partial charge in [0.2, 0.25) is 0 Å². The maximum Gasteiger partial charge on any atom is 0.152 e. The fraction of sp³-hybridized carbons (Fsp3) is 0.308. The molecule has 0 bridgehead atoms. The lowest BCUT2D eigenvalue weighted by atomic mass is 10.2. The summed E-state index contributed by atoms with van der Waals surface area (Å²) >= 11 is 6.06. The van der Waals surface area contributed by atoms with Gasteiger partial charge < -0.3 is 5.32 Å². The van der Waals surface area contributed by atoms with Gasteiger partial charge in [0, 0.05) is 19.2 Å². The molecule has 0 saturated heterocycles. The molecule has 0 unspecified atom stereocenters. The summed E-state index contributed by atoms with van der Waals surface area (Å²) in [6, 6.07) is 2.64. The normalized spacial score (nSPS) is 10.8. The van der Waals surface area contributed by atoms with Crippen molar-refractivity contribution in [3.63, 3.8) is 0 Å². The maximum absolute atomic E-state index is 13.8. The first kappa shape index (κ1) is 13.8. The molecule has 1 aromatic carbocycles. The van der Waals surface area contributed by atoms with Gasteiger partial charge in [-0.05, 0) is 25.5 Å². The lowest BCUT2D eigenvalue weighted by Crippen LogP contribution is -2.06. The first-order valence-corrected chi connectivity index (χ1v) is 6.16. The lowest BCUT2D eigenvalue weighted by molar-refractivity contribution is 0.582. The molecule has 6 heteroatoms. The second-order valence-electron chi connectivity index (χ2n) is 4.39. The summed E-state index contributed by atoms with van der Waals surface area (Å²) in [5.41, 5.74) is 1.70. The molecule has 0 atom stereocenters. The van der Waals surface area contributed by atoms with E-state index in [1.807, 2.05) is 0 Å². The Bertz CT molecular complexity index is 623. The molecule has 0 aliphatic rings. The zero-order valence-electron chi connectivity index (χ0n) is 10.9. The lowest BCUT2D eigenvalue weighted by Gasteiger charge is -2.10. The van der Waals surface area contributed by atoms with Crippen LogP contribution in [-0.2, 0) is 13.6 Å². The van der Waals surface area contributed by atoms with E-state index in [2.05, 4.69) is 10.4 Å². The van der Waals surface area contributed by atoms with E-state index in [9.17, 15) is 8.78 Å². The van der Waals surface area contributed by atoms with E-state index in [0.29, 0.717) is 10.7 Å². The van der Waals surface area contributed by atoms with Crippen LogP contribution in [0.2, 0.25) is 5.15 Å². The Balaban J connectivity index is 2.26. The standard InChI is InChI=1S/C13H14ClF2N3/c1-7-4-5-10(15)12(11(7)16)17-6-9-8(2)18-19(3)13(9)14/h4-5,17H,6H2,1-3H3. The molecule has 0 fully saturated rings. The van der Waals surface area contributed by atoms with Crippen molar-refractivity contribution in [2.45, 2.75) is 20.4 Å². The third kappa shape index (κ3) is 2.56. The minimum atomic E-state index is -0.624. The van der Waals surface area contributed by atoms with Gasteiger partial charge in [-0.3, -0.25) is 4.68 Å². The number of benzene rings is 1. The highest BCUT2D eigenvalue weighted by Crippen LogP contribution is 2.24. The molecule has 0 radical (unpaired) electrons. The molecule has 19 heavy (non-hydrogen) atoms. The molecule has 0 saturated carbocycles. The van der Waals surface area contributed by atoms with Crippen molar-refractivity contribution in [3.05, 3.63) is 45.7 Å². The Morgan fingerprint density at radius 1 is 1.32 bits per heavy atom. The van der Waals surface area contributed by atoms with Crippen LogP contribution >= 0.6 is 11.6 Å². The molecule has 102 valence electrons. The smallest absolute Gasteiger partial charge is 0.152 e. The molecule has 2 aromatic rings. The van der Waals surface area contributed by atoms with Crippen LogP contribution in [0.15, 0.2) is 12.1 Å². The van der Waals surface area contributed by atoms with E-state index in [1.54, 1.807) is 20.9 Å². The van der Waals surface area contributed by atoms with Gasteiger partial charge in [0.1, 0.15) is 16.7 Å². The Morgan fingerprint density at radius 2 is 2.00 bits per heavy atom. The minimum absolute atomic E-state index is 0.140. The molecule has 3 nitrogen and oxygen atoms in total. The third-order valence-corrected chi connectivity index (χ3v) is 3.47. The van der Waals surface area contributed by atoms with E-state index >= 15 is 0 Å². The molecular formula is C13H14ClF2N3. The Morgan fingerprint density at radius 3 is 2.58 bits per heavy atom. The topological polar surface area (TPSA) is 29.9 Å². The quantitative estimate of drug-likeness (QED) is 0.934. The van der Waals surface area contributed by atoms with Crippen molar-refractivity contribution in [2.75, 3.05) is 5.32 Å². The predicted molar refractivity (Wildman–Crippen MR) is 71.4 cm³/mol. The van der Waals surface area contributed by atoms with Gasteiger partial charge in [-0.1, -0.05) is 17.7 Å². The van der Waals surface area contributed by atoms with Crippen molar-refractivity contribution in [1.29, 1.82) is 0 Å². The van der Waals surface area contributed by atoms with Crippen LogP contribution < -0.4 is 5.32 Å². The molecule has 1 aromatic heterocycles. The van der Waals surface area contributed by atoms with Gasteiger partial charge in [0.05, 0.1) is 5.69 Å². The van der Waals surface area contributed by atoms with Gasteiger partial charge in [-0.15, -0.1) is 0 Å². The summed E-state index contributed by atoms with van der Waals surface area (Å²) in [5.74, 6) is -1.21. The van der Waals surface area contributed by atoms with Crippen molar-refractivity contribution in [2.24, 2.45) is 7.05 Å². The van der Waals surface area contributed by atoms with E-state index in [1.165, 1.54) is 16.8 Å². The van der Waals surface area contributed by atoms with E-state index in [-0.39, 0.29) is 12.2 Å². The van der Waals surface area contributed by atoms with Crippen molar-refractivity contribution in [1.82, 2.24) is 9.78 Å². The van der Waals surface area contributed by atoms with Crippen LogP contribution in [0.25, 0.3) is 0 Å². The largest absolute Gasteiger partial charge is 0.376 e. The average Bonchev–Trinajstić information content (AvgIpc) is 2.60. The highest BCUT2D eigenvalue weighted by atomic mass is 35.5. The second-order valence-corrected chi connectivity index (χ2v) is 4.74. The SMILES string of the molecule is Cc1ccc(F)c(NCc2c(C)nn(C)c2Cl)c1F. The summed E-state index contributed by atoms with van der Waals surface area (Å²) in [5, 5.41) is 7.34. The van der Waals surface area contributed by atoms with E-state index in [0.717, 1.165) is 11.3 Å². The number of aryl methyl sites for hydroxylation is 3. The molecular weight excluding hydrogens is 272 g/mol. The fourth-order valence-corrected chi connectivity index (χ4v) is 2.11. The Labute approximate surface area is 115 Å². The first-order valence-electron chi connectivity index (χ1n) is 5.78. The molecule has 1 heterocycles. The highest BCUT2D eigenvalue weighted by molar-refractivity contribution is 6.30. The van der Waals surface area contributed by atoms with E-state index in [4.69, 9.17) is 11.6 Å². The average molecular weight is 286 g/mol. The second kappa shape index (κ2) is 5.17. The number of halogens is 3. The summed E-state index contributed by atoms with van der Waals surface area (Å²) in [6.07, 6.45) is 0. The summed E-state index contributed by atoms with van der Waals surface area (Å²) < 4.78 is 28.9. The molecule has 0 aliphatic carbocycles. The van der Waals surface area contributed by atoms with Gasteiger partial charge >= 0.3 is 0 Å². The zero-order valence-corrected chi connectivity index (χ0v) is 11.6. The number of anilines is 1. The van der Waals surface area contributed by atoms with Gasteiger partial charge in [-0.25, -0.2) is 8.78 Å². The van der Waals surface area contributed by atoms with Crippen molar-refractivity contribution >= 4 is 17.3 Å². The number of aromatic nitrogens is 2. The Kier molecular flexibility index (Phi) is 3.75. The minimum Gasteiger partial charge on any atom is -0.376 e. The summed E-state index contributed by atoms with van der Waals surface area (Å²) in [4.78, 5) is 0. The van der Waals surface area contributed by atoms with Crippen LogP contribution in [0.5, 0.6) is 0 Å². The third-order valence-electron chi connectivity index (χ3n) is 3.00. The monoisotopic (exact) mass is 285 g/mol. The zero-order chi connectivity index (χ0) is 14.2. The molecule has 2 rings (SSSR count). The van der Waals surface area contributed by atoms with Crippen LogP contribution in [-0.4, -0.2) is 9.78 Å². The maximum atomic E-state index is 13.8. The highest BCUT2D eigenvalue weighted by Gasteiger charge is 2.14. The number of rotatable bonds is 3. The fourth-order valence-electron chi connectivity index (χ4n) is 1.87. The predicted octanol–water partition coefficient (Wildman–Crippen LogP) is 3.58. The van der Waals surface area contributed by atoms with Gasteiger partial charge in [-0.2, -0.15) is 5.10 Å². The number of hydrogen-bond acceptors (Lipinski definition) is 2. The first-order chi connectivity index (χ1) is 8.91. The number of hydrogen-bond donors (Lipinski definition) is 1. The van der Waals surface area contributed by atoms with Crippen LogP contribution in [0.3, 0.4) is 0 Å². The summed E-state index contributed by atoms with van der Waals surface area (Å²) in [6.45, 7) is 3.60. The Hall–Kier alpha value is -1.62. The van der Waals surface area contributed by atoms with Crippen LogP contribution in [0, 0.1) is 25.5 Å². The molecule has 1 N–H and O–H groups in total. The van der Waals surface area contributed by atoms with Crippen LogP contribution in [0.1, 0.15) is 16.8 Å².